The van der Waals surface area contributed by atoms with Gasteiger partial charge in [0.25, 0.3) is 0 Å². The van der Waals surface area contributed by atoms with Crippen molar-refractivity contribution in [2.45, 2.75) is 57.7 Å². The zero-order valence-corrected chi connectivity index (χ0v) is 17.9. The van der Waals surface area contributed by atoms with Crippen molar-refractivity contribution in [3.8, 4) is 23.0 Å². The summed E-state index contributed by atoms with van der Waals surface area (Å²) in [5, 5.41) is 11.0. The summed E-state index contributed by atoms with van der Waals surface area (Å²) in [7, 11) is 0. The molecule has 0 spiro atoms. The molecule has 0 atom stereocenters. The Morgan fingerprint density at radius 3 is 2.34 bits per heavy atom. The molecular formula is C23H26ClN3O2. The van der Waals surface area contributed by atoms with Crippen molar-refractivity contribution < 1.29 is 9.84 Å². The Hall–Kier alpha value is -2.37. The van der Waals surface area contributed by atoms with Gasteiger partial charge in [0.05, 0.1) is 22.5 Å². The molecule has 4 rings (SSSR count). The zero-order chi connectivity index (χ0) is 20.8. The summed E-state index contributed by atoms with van der Waals surface area (Å²) >= 11 is 6.08. The highest BCUT2D eigenvalue weighted by Gasteiger charge is 2.41. The number of hydrogen-bond acceptors (Lipinski definition) is 4. The normalized spacial score (nSPS) is 18.7. The van der Waals surface area contributed by atoms with Gasteiger partial charge in [-0.1, -0.05) is 11.6 Å². The Balaban J connectivity index is 1.84. The summed E-state index contributed by atoms with van der Waals surface area (Å²) in [4.78, 5) is 9.00. The monoisotopic (exact) mass is 411 g/mol. The summed E-state index contributed by atoms with van der Waals surface area (Å²) in [6, 6.07) is 11.2. The Labute approximate surface area is 176 Å². The van der Waals surface area contributed by atoms with Crippen molar-refractivity contribution in [2.75, 3.05) is 0 Å². The Bertz CT molecular complexity index is 1010. The molecule has 1 aliphatic heterocycles. The molecule has 0 saturated carbocycles. The number of pyridine rings is 1. The van der Waals surface area contributed by atoms with Crippen molar-refractivity contribution in [2.24, 2.45) is 0 Å². The highest BCUT2D eigenvalue weighted by Crippen LogP contribution is 2.44. The topological polar surface area (TPSA) is 60.2 Å². The molecule has 3 heterocycles. The molecular weight excluding hydrogens is 386 g/mol. The number of hydrogen-bond donors (Lipinski definition) is 1. The molecule has 5 nitrogen and oxygen atoms in total. The molecule has 6 heteroatoms. The molecule has 1 saturated heterocycles. The maximum absolute atomic E-state index is 10.4. The van der Waals surface area contributed by atoms with Crippen LogP contribution in [-0.4, -0.2) is 30.8 Å². The van der Waals surface area contributed by atoms with E-state index in [1.165, 1.54) is 0 Å². The number of aromatic nitrogens is 3. The average Bonchev–Trinajstić information content (AvgIpc) is 3.05. The van der Waals surface area contributed by atoms with Gasteiger partial charge in [0.15, 0.2) is 0 Å². The second-order valence-electron chi connectivity index (χ2n) is 8.94. The van der Waals surface area contributed by atoms with Gasteiger partial charge in [-0.2, -0.15) is 0 Å². The molecule has 152 valence electrons. The van der Waals surface area contributed by atoms with E-state index in [1.807, 2.05) is 34.9 Å². The predicted octanol–water partition coefficient (Wildman–Crippen LogP) is 5.74. The van der Waals surface area contributed by atoms with Crippen molar-refractivity contribution in [1.82, 2.24) is 14.5 Å². The van der Waals surface area contributed by atoms with E-state index in [2.05, 4.69) is 38.9 Å². The molecule has 1 N–H and O–H groups in total. The van der Waals surface area contributed by atoms with Gasteiger partial charge in [-0.3, -0.25) is 4.57 Å². The third kappa shape index (κ3) is 4.16. The summed E-state index contributed by atoms with van der Waals surface area (Å²) < 4.78 is 8.25. The van der Waals surface area contributed by atoms with Gasteiger partial charge in [-0.05, 0) is 76.9 Å². The minimum absolute atomic E-state index is 0.0347. The first-order valence-corrected chi connectivity index (χ1v) is 10.2. The molecule has 0 unspecified atom stereocenters. The van der Waals surface area contributed by atoms with Gasteiger partial charge in [0.1, 0.15) is 5.82 Å². The van der Waals surface area contributed by atoms with Crippen LogP contribution in [0, 0.1) is 0 Å². The summed E-state index contributed by atoms with van der Waals surface area (Å²) in [5.41, 5.74) is 2.05. The minimum atomic E-state index is -0.229. The lowest BCUT2D eigenvalue weighted by Crippen LogP contribution is -2.44. The van der Waals surface area contributed by atoms with Gasteiger partial charge >= 0.3 is 0 Å². The van der Waals surface area contributed by atoms with Gasteiger partial charge in [0.2, 0.25) is 5.88 Å². The number of imidazole rings is 1. The van der Waals surface area contributed by atoms with Crippen molar-refractivity contribution in [3.63, 3.8) is 0 Å². The molecule has 1 aliphatic rings. The van der Waals surface area contributed by atoms with Gasteiger partial charge in [-0.15, -0.1) is 0 Å². The molecule has 29 heavy (non-hydrogen) atoms. The van der Waals surface area contributed by atoms with Crippen LogP contribution < -0.4 is 0 Å². The first kappa shape index (κ1) is 19.9. The number of benzene rings is 1. The van der Waals surface area contributed by atoms with E-state index in [9.17, 15) is 5.11 Å². The van der Waals surface area contributed by atoms with E-state index in [-0.39, 0.29) is 23.0 Å². The van der Waals surface area contributed by atoms with Gasteiger partial charge < -0.3 is 9.84 Å². The van der Waals surface area contributed by atoms with E-state index in [0.29, 0.717) is 16.4 Å². The number of aromatic hydroxyl groups is 1. The Morgan fingerprint density at radius 1 is 1.07 bits per heavy atom. The quantitative estimate of drug-likeness (QED) is 0.596. The average molecular weight is 412 g/mol. The molecule has 2 aromatic heterocycles. The van der Waals surface area contributed by atoms with E-state index >= 15 is 0 Å². The van der Waals surface area contributed by atoms with Crippen LogP contribution in [0.4, 0.5) is 0 Å². The highest BCUT2D eigenvalue weighted by molar-refractivity contribution is 6.30. The third-order valence-electron chi connectivity index (χ3n) is 5.30. The molecule has 1 aromatic carbocycles. The molecule has 3 aromatic rings. The van der Waals surface area contributed by atoms with Crippen LogP contribution in [0.2, 0.25) is 5.02 Å². The van der Waals surface area contributed by atoms with E-state index in [1.54, 1.807) is 12.3 Å². The number of ether oxygens (including phenoxy) is 1. The molecule has 0 radical (unpaired) electrons. The Morgan fingerprint density at radius 2 is 1.72 bits per heavy atom. The number of nitrogens with zero attached hydrogens (tertiary/aromatic N) is 3. The van der Waals surface area contributed by atoms with Crippen LogP contribution in [0.5, 0.6) is 5.88 Å². The molecule has 1 fully saturated rings. The summed E-state index contributed by atoms with van der Waals surface area (Å²) in [5.74, 6) is 0.877. The highest BCUT2D eigenvalue weighted by atomic mass is 35.5. The van der Waals surface area contributed by atoms with Crippen LogP contribution >= 0.6 is 11.6 Å². The van der Waals surface area contributed by atoms with Crippen molar-refractivity contribution in [1.29, 1.82) is 0 Å². The maximum atomic E-state index is 10.4. The van der Waals surface area contributed by atoms with Crippen LogP contribution in [0.15, 0.2) is 48.8 Å². The zero-order valence-electron chi connectivity index (χ0n) is 17.2. The number of halogens is 1. The standard InChI is InChI=1S/C23H26ClN3O2/c1-22(2)12-15(13-23(3,4)29-22)19-14-27(17-9-7-16(24)8-10-17)20(26-19)18-6-5-11-25-21(18)28/h5-11,14-15H,12-13H2,1-4H3,(H,25,28). The Kier molecular flexibility index (Phi) is 4.91. The van der Waals surface area contributed by atoms with Crippen LogP contribution in [0.25, 0.3) is 17.1 Å². The van der Waals surface area contributed by atoms with E-state index in [0.717, 1.165) is 24.2 Å². The lowest BCUT2D eigenvalue weighted by molar-refractivity contribution is -0.162. The van der Waals surface area contributed by atoms with E-state index in [4.69, 9.17) is 21.3 Å². The maximum Gasteiger partial charge on any atom is 0.222 e. The third-order valence-corrected chi connectivity index (χ3v) is 5.56. The second kappa shape index (κ2) is 7.15. The van der Waals surface area contributed by atoms with Crippen LogP contribution in [-0.2, 0) is 4.74 Å². The first-order valence-electron chi connectivity index (χ1n) is 9.83. The predicted molar refractivity (Wildman–Crippen MR) is 115 cm³/mol. The molecule has 0 aliphatic carbocycles. The SMILES string of the molecule is CC1(C)CC(c2cn(-c3ccc(Cl)cc3)c(-c3cccnc3O)n2)CC(C)(C)O1. The fourth-order valence-corrected chi connectivity index (χ4v) is 4.58. The van der Waals surface area contributed by atoms with Gasteiger partial charge in [-0.25, -0.2) is 9.97 Å². The fourth-order valence-electron chi connectivity index (χ4n) is 4.45. The summed E-state index contributed by atoms with van der Waals surface area (Å²) in [6.45, 7) is 8.52. The smallest absolute Gasteiger partial charge is 0.222 e. The van der Waals surface area contributed by atoms with E-state index < -0.39 is 0 Å². The van der Waals surface area contributed by atoms with Crippen molar-refractivity contribution >= 4 is 11.6 Å². The first-order chi connectivity index (χ1) is 13.6. The summed E-state index contributed by atoms with van der Waals surface area (Å²) in [6.07, 6.45) is 5.39. The lowest BCUT2D eigenvalue weighted by Gasteiger charge is -2.45. The number of rotatable bonds is 3. The van der Waals surface area contributed by atoms with Crippen LogP contribution in [0.1, 0.15) is 52.1 Å². The molecule has 0 amide bonds. The minimum Gasteiger partial charge on any atom is -0.493 e. The lowest BCUT2D eigenvalue weighted by atomic mass is 9.79. The van der Waals surface area contributed by atoms with Crippen LogP contribution in [0.3, 0.4) is 0 Å². The van der Waals surface area contributed by atoms with Crippen molar-refractivity contribution in [3.05, 3.63) is 59.5 Å². The second-order valence-corrected chi connectivity index (χ2v) is 9.37. The van der Waals surface area contributed by atoms with Gasteiger partial charge in [0, 0.05) is 29.0 Å². The molecule has 0 bridgehead atoms. The largest absolute Gasteiger partial charge is 0.493 e. The fraction of sp³-hybridized carbons (Fsp3) is 0.391.